The van der Waals surface area contributed by atoms with Gasteiger partial charge in [0.1, 0.15) is 22.3 Å². The summed E-state index contributed by atoms with van der Waals surface area (Å²) >= 11 is 1.86. The molecule has 0 saturated heterocycles. The second-order valence-corrected chi connectivity index (χ2v) is 32.9. The smallest absolute Gasteiger partial charge is 0.143 e. The number of furan rings is 2. The molecule has 0 atom stereocenters. The van der Waals surface area contributed by atoms with E-state index in [1.165, 1.54) is 52.8 Å². The SMILES string of the molecule is c1ccc(-c2nc3ccc4ccccc4c3nc2-c2ccc(-c3cccc4ccc5c6ccccc6oc5c34)cc2)cc1.c1ccc(-c2nc3ccccc3nc2-c2cccc(-c3cccc4cc5c(cc34)sc3ccccc35)c2)cc1.c1ccc2cc(-c3nc4ccccc4nc3-c3ccc(-c4cccc5ccc6c7ccccc7oc6c45)cc3)ccc2c1. The van der Waals surface area contributed by atoms with Crippen molar-refractivity contribution in [3.63, 3.8) is 0 Å². The zero-order chi connectivity index (χ0) is 82.4. The van der Waals surface area contributed by atoms with Gasteiger partial charge in [0.25, 0.3) is 0 Å². The Balaban J connectivity index is 0.000000105. The van der Waals surface area contributed by atoms with Gasteiger partial charge in [-0.15, -0.1) is 11.3 Å². The molecule has 0 radical (unpaired) electrons. The van der Waals surface area contributed by atoms with Gasteiger partial charge >= 0.3 is 0 Å². The number of para-hydroxylation sites is 6. The van der Waals surface area contributed by atoms with Crippen LogP contribution < -0.4 is 0 Å². The summed E-state index contributed by atoms with van der Waals surface area (Å²) in [5.74, 6) is 0. The fourth-order valence-corrected chi connectivity index (χ4v) is 19.4. The van der Waals surface area contributed by atoms with Crippen molar-refractivity contribution in [3.8, 4) is 101 Å². The molecule has 0 fully saturated rings. The van der Waals surface area contributed by atoms with Crippen molar-refractivity contribution in [2.45, 2.75) is 0 Å². The van der Waals surface area contributed by atoms with Crippen LogP contribution >= 0.6 is 11.3 Å². The summed E-state index contributed by atoms with van der Waals surface area (Å²) in [4.78, 5) is 30.9. The number of hydrogen-bond donors (Lipinski definition) is 0. The molecule has 0 saturated carbocycles. The van der Waals surface area contributed by atoms with E-state index in [2.05, 4.69) is 328 Å². The number of nitrogens with zero attached hydrogens (tertiary/aromatic N) is 6. The zero-order valence-corrected chi connectivity index (χ0v) is 68.1. The lowest BCUT2D eigenvalue weighted by molar-refractivity contribution is 0.672. The molecule has 8 nitrogen and oxygen atoms in total. The first-order chi connectivity index (χ1) is 61.9. The highest BCUT2D eigenvalue weighted by atomic mass is 32.1. The van der Waals surface area contributed by atoms with Crippen LogP contribution in [-0.4, -0.2) is 29.9 Å². The third kappa shape index (κ3) is 12.9. The quantitative estimate of drug-likeness (QED) is 0.132. The van der Waals surface area contributed by atoms with Crippen molar-refractivity contribution < 1.29 is 8.83 Å². The molecule has 9 heteroatoms. The second kappa shape index (κ2) is 30.4. The molecule has 26 rings (SSSR count). The predicted molar refractivity (Wildman–Crippen MR) is 523 cm³/mol. The van der Waals surface area contributed by atoms with E-state index in [0.29, 0.717) is 0 Å². The summed E-state index contributed by atoms with van der Waals surface area (Å²) < 4.78 is 15.5. The van der Waals surface area contributed by atoms with Crippen LogP contribution in [0, 0.1) is 0 Å². The van der Waals surface area contributed by atoms with E-state index >= 15 is 0 Å². The molecule has 26 aromatic rings. The molecule has 125 heavy (non-hydrogen) atoms. The van der Waals surface area contributed by atoms with Crippen LogP contribution in [0.15, 0.2) is 433 Å². The van der Waals surface area contributed by atoms with Crippen molar-refractivity contribution in [2.24, 2.45) is 0 Å². The highest BCUT2D eigenvalue weighted by Crippen LogP contribution is 2.46. The Morgan fingerprint density at radius 3 is 1.14 bits per heavy atom. The molecule has 0 N–H and O–H groups in total. The molecular formula is C116H70N6O2S. The summed E-state index contributed by atoms with van der Waals surface area (Å²) in [6.45, 7) is 0. The Bertz CT molecular complexity index is 8810. The zero-order valence-electron chi connectivity index (χ0n) is 67.3. The third-order valence-corrected chi connectivity index (χ3v) is 25.5. The van der Waals surface area contributed by atoms with Gasteiger partial charge < -0.3 is 8.83 Å². The minimum absolute atomic E-state index is 0.873. The van der Waals surface area contributed by atoms with Crippen molar-refractivity contribution in [1.82, 2.24) is 29.9 Å². The van der Waals surface area contributed by atoms with Crippen LogP contribution in [0.5, 0.6) is 0 Å². The number of rotatable bonds is 9. The highest BCUT2D eigenvalue weighted by molar-refractivity contribution is 7.25. The van der Waals surface area contributed by atoms with E-state index in [9.17, 15) is 0 Å². The topological polar surface area (TPSA) is 104 Å². The first-order valence-electron chi connectivity index (χ1n) is 42.1. The second-order valence-electron chi connectivity index (χ2n) is 31.8. The number of aromatic nitrogens is 6. The average Bonchev–Trinajstić information content (AvgIpc) is 1.75. The molecule has 582 valence electrons. The van der Waals surface area contributed by atoms with Gasteiger partial charge in [0.2, 0.25) is 0 Å². The van der Waals surface area contributed by atoms with Crippen LogP contribution in [0.3, 0.4) is 0 Å². The molecule has 6 heterocycles. The molecule has 0 bridgehead atoms. The van der Waals surface area contributed by atoms with Crippen LogP contribution in [0.2, 0.25) is 0 Å². The summed E-state index contributed by atoms with van der Waals surface area (Å²) in [6.07, 6.45) is 0. The normalized spacial score (nSPS) is 11.7. The third-order valence-electron chi connectivity index (χ3n) is 24.4. The van der Waals surface area contributed by atoms with Crippen LogP contribution in [0.25, 0.3) is 252 Å². The Kier molecular flexibility index (Phi) is 17.6. The lowest BCUT2D eigenvalue weighted by atomic mass is 9.94. The monoisotopic (exact) mass is 1610 g/mol. The van der Waals surface area contributed by atoms with Crippen molar-refractivity contribution in [3.05, 3.63) is 425 Å². The van der Waals surface area contributed by atoms with Gasteiger partial charge in [-0.1, -0.05) is 340 Å². The van der Waals surface area contributed by atoms with Gasteiger partial charge in [0.05, 0.1) is 67.3 Å². The average molecular weight is 1610 g/mol. The Labute approximate surface area is 721 Å². The molecule has 20 aromatic carbocycles. The van der Waals surface area contributed by atoms with Gasteiger partial charge in [0, 0.05) is 91.3 Å². The summed E-state index contributed by atoms with van der Waals surface area (Å²) in [5, 5.41) is 19.0. The lowest BCUT2D eigenvalue weighted by Gasteiger charge is -2.13. The van der Waals surface area contributed by atoms with E-state index in [1.54, 1.807) is 0 Å². The minimum Gasteiger partial charge on any atom is -0.455 e. The molecule has 0 unspecified atom stereocenters. The van der Waals surface area contributed by atoms with E-state index < -0.39 is 0 Å². The maximum absolute atomic E-state index is 6.44. The van der Waals surface area contributed by atoms with Gasteiger partial charge in [-0.3, -0.25) is 0 Å². The van der Waals surface area contributed by atoms with Crippen molar-refractivity contribution >= 4 is 162 Å². The van der Waals surface area contributed by atoms with Gasteiger partial charge in [0.15, 0.2) is 0 Å². The standard InChI is InChI=1S/2C40H24N2O.C36H22N2S/c1-2-9-29-24-30(21-16-25(29)8-1)39-38(41-34-13-4-5-14-35(34)42-39)28-19-17-26(18-20-28)31-12-7-10-27-22-23-33-32-11-3-6-15-36(32)43-40(33)37(27)31;1-2-10-28(11-3-1)37-38(42-39-31-13-5-4-9-25(31)22-24-34(39)41-37)29-19-17-26(18-20-29)30-15-8-12-27-21-23-33-32-14-6-7-16-35(32)43-40(33)36(27)30;1-2-10-23(11-3-1)35-36(38-32-18-6-5-17-31(32)37-35)26-14-8-12-24(20-26)27-16-9-13-25-21-30-28-15-4-7-19-33(28)39-34(30)22-29(25)27/h2*1-24H;1-22H. The molecular weight excluding hydrogens is 1540 g/mol. The Morgan fingerprint density at radius 1 is 0.176 bits per heavy atom. The fraction of sp³-hybridized carbons (Fsp3) is 0. The van der Waals surface area contributed by atoms with Gasteiger partial charge in [-0.05, 0) is 156 Å². The minimum atomic E-state index is 0.873. The van der Waals surface area contributed by atoms with Crippen LogP contribution in [0.1, 0.15) is 0 Å². The number of benzene rings is 20. The first kappa shape index (κ1) is 72.5. The van der Waals surface area contributed by atoms with E-state index in [4.69, 9.17) is 38.7 Å². The molecule has 0 aliphatic rings. The number of thiophene rings is 1. The summed E-state index contributed by atoms with van der Waals surface area (Å²) in [5.41, 5.74) is 27.6. The van der Waals surface area contributed by atoms with E-state index in [0.717, 1.165) is 199 Å². The van der Waals surface area contributed by atoms with Crippen molar-refractivity contribution in [1.29, 1.82) is 0 Å². The molecule has 0 aliphatic carbocycles. The Morgan fingerprint density at radius 2 is 0.560 bits per heavy atom. The number of hydrogen-bond acceptors (Lipinski definition) is 9. The first-order valence-corrected chi connectivity index (χ1v) is 42.9. The van der Waals surface area contributed by atoms with Gasteiger partial charge in [-0.2, -0.15) is 0 Å². The fourth-order valence-electron chi connectivity index (χ4n) is 18.3. The van der Waals surface area contributed by atoms with Gasteiger partial charge in [-0.25, -0.2) is 29.9 Å². The van der Waals surface area contributed by atoms with Crippen LogP contribution in [0.4, 0.5) is 0 Å². The molecule has 6 aromatic heterocycles. The molecule has 0 spiro atoms. The van der Waals surface area contributed by atoms with E-state index in [-0.39, 0.29) is 0 Å². The molecule has 0 amide bonds. The lowest BCUT2D eigenvalue weighted by Crippen LogP contribution is -1.96. The highest BCUT2D eigenvalue weighted by Gasteiger charge is 2.23. The predicted octanol–water partition coefficient (Wildman–Crippen LogP) is 31.8. The Hall–Kier alpha value is -16.5. The number of fused-ring (bicyclic) bond motifs is 20. The maximum Gasteiger partial charge on any atom is 0.143 e. The summed E-state index contributed by atoms with van der Waals surface area (Å²) in [6, 6.07) is 149. The van der Waals surface area contributed by atoms with E-state index in [1.807, 2.05) is 108 Å². The van der Waals surface area contributed by atoms with Crippen LogP contribution in [-0.2, 0) is 0 Å². The van der Waals surface area contributed by atoms with Crippen molar-refractivity contribution in [2.75, 3.05) is 0 Å². The maximum atomic E-state index is 6.44. The largest absolute Gasteiger partial charge is 0.455 e. The molecule has 0 aliphatic heterocycles. The summed E-state index contributed by atoms with van der Waals surface area (Å²) in [7, 11) is 0.